The first-order chi connectivity index (χ1) is 9.65. The van der Waals surface area contributed by atoms with Gasteiger partial charge in [-0.15, -0.1) is 0 Å². The Labute approximate surface area is 118 Å². The van der Waals surface area contributed by atoms with Gasteiger partial charge in [0.05, 0.1) is 0 Å². The third kappa shape index (κ3) is 2.25. The van der Waals surface area contributed by atoms with Crippen molar-refractivity contribution in [3.8, 4) is 0 Å². The highest BCUT2D eigenvalue weighted by Crippen LogP contribution is 2.23. The second-order valence-corrected chi connectivity index (χ2v) is 5.13. The van der Waals surface area contributed by atoms with Crippen LogP contribution in [0.3, 0.4) is 0 Å². The van der Waals surface area contributed by atoms with E-state index < -0.39 is 0 Å². The molecule has 1 heterocycles. The van der Waals surface area contributed by atoms with E-state index in [-0.39, 0.29) is 5.78 Å². The van der Waals surface area contributed by atoms with Gasteiger partial charge in [0, 0.05) is 11.8 Å². The molecule has 0 unspecified atom stereocenters. The molecule has 3 rings (SSSR count). The van der Waals surface area contributed by atoms with Crippen LogP contribution in [0.4, 0.5) is 0 Å². The number of hydrogen-bond donors (Lipinski definition) is 0. The van der Waals surface area contributed by atoms with Gasteiger partial charge < -0.3 is 4.42 Å². The Morgan fingerprint density at radius 2 is 1.75 bits per heavy atom. The van der Waals surface area contributed by atoms with Crippen molar-refractivity contribution in [3.63, 3.8) is 0 Å². The molecule has 0 aliphatic heterocycles. The van der Waals surface area contributed by atoms with Gasteiger partial charge in [-0.05, 0) is 36.6 Å². The second kappa shape index (κ2) is 4.97. The monoisotopic (exact) mass is 264 g/mol. The SMILES string of the molecule is Cc1ccccc1CC(=O)c1cc2cccc(C)c2o1. The first kappa shape index (κ1) is 12.7. The van der Waals surface area contributed by atoms with Gasteiger partial charge in [-0.25, -0.2) is 0 Å². The summed E-state index contributed by atoms with van der Waals surface area (Å²) in [7, 11) is 0. The number of ketones is 1. The van der Waals surface area contributed by atoms with Crippen molar-refractivity contribution < 1.29 is 9.21 Å². The summed E-state index contributed by atoms with van der Waals surface area (Å²) in [5.74, 6) is 0.465. The minimum atomic E-state index is 0.0231. The molecule has 0 spiro atoms. The van der Waals surface area contributed by atoms with E-state index in [9.17, 15) is 4.79 Å². The average molecular weight is 264 g/mol. The molecule has 0 saturated heterocycles. The lowest BCUT2D eigenvalue weighted by molar-refractivity contribution is 0.0968. The summed E-state index contributed by atoms with van der Waals surface area (Å²) in [6.07, 6.45) is 0.380. The summed E-state index contributed by atoms with van der Waals surface area (Å²) < 4.78 is 5.72. The summed E-state index contributed by atoms with van der Waals surface area (Å²) >= 11 is 0. The van der Waals surface area contributed by atoms with E-state index in [0.717, 1.165) is 27.7 Å². The van der Waals surface area contributed by atoms with Crippen LogP contribution in [0.2, 0.25) is 0 Å². The molecule has 2 nitrogen and oxygen atoms in total. The number of carbonyl (C=O) groups is 1. The minimum absolute atomic E-state index is 0.0231. The van der Waals surface area contributed by atoms with Crippen molar-refractivity contribution in [2.75, 3.05) is 0 Å². The van der Waals surface area contributed by atoms with Gasteiger partial charge in [-0.1, -0.05) is 42.5 Å². The van der Waals surface area contributed by atoms with Crippen LogP contribution in [0.15, 0.2) is 52.9 Å². The first-order valence-corrected chi connectivity index (χ1v) is 6.72. The lowest BCUT2D eigenvalue weighted by Gasteiger charge is -2.02. The number of benzene rings is 2. The van der Waals surface area contributed by atoms with Crippen LogP contribution in [-0.4, -0.2) is 5.78 Å². The fraction of sp³-hybridized carbons (Fsp3) is 0.167. The molecule has 0 aliphatic carbocycles. The summed E-state index contributed by atoms with van der Waals surface area (Å²) in [6, 6.07) is 15.7. The molecular formula is C18H16O2. The van der Waals surface area contributed by atoms with Crippen LogP contribution < -0.4 is 0 Å². The second-order valence-electron chi connectivity index (χ2n) is 5.13. The van der Waals surface area contributed by atoms with Gasteiger partial charge in [0.2, 0.25) is 5.78 Å². The number of rotatable bonds is 3. The lowest BCUT2D eigenvalue weighted by Crippen LogP contribution is -2.03. The van der Waals surface area contributed by atoms with Crippen LogP contribution in [0, 0.1) is 13.8 Å². The van der Waals surface area contributed by atoms with Gasteiger partial charge in [-0.3, -0.25) is 4.79 Å². The van der Waals surface area contributed by atoms with Crippen molar-refractivity contribution in [1.29, 1.82) is 0 Å². The largest absolute Gasteiger partial charge is 0.453 e. The summed E-state index contributed by atoms with van der Waals surface area (Å²) in [6.45, 7) is 4.01. The maximum Gasteiger partial charge on any atom is 0.202 e. The van der Waals surface area contributed by atoms with Crippen LogP contribution in [0.5, 0.6) is 0 Å². The van der Waals surface area contributed by atoms with E-state index in [2.05, 4.69) is 0 Å². The Bertz CT molecular complexity index is 781. The Hall–Kier alpha value is -2.35. The van der Waals surface area contributed by atoms with Crippen molar-refractivity contribution in [3.05, 3.63) is 71.0 Å². The van der Waals surface area contributed by atoms with Gasteiger partial charge in [-0.2, -0.15) is 0 Å². The van der Waals surface area contributed by atoms with Crippen LogP contribution in [0.1, 0.15) is 27.2 Å². The smallest absolute Gasteiger partial charge is 0.202 e. The average Bonchev–Trinajstić information content (AvgIpc) is 2.87. The fourth-order valence-corrected chi connectivity index (χ4v) is 2.41. The molecule has 0 aliphatic rings. The van der Waals surface area contributed by atoms with Crippen molar-refractivity contribution in [1.82, 2.24) is 0 Å². The van der Waals surface area contributed by atoms with Crippen molar-refractivity contribution >= 4 is 16.8 Å². The topological polar surface area (TPSA) is 30.2 Å². The van der Waals surface area contributed by atoms with E-state index in [0.29, 0.717) is 12.2 Å². The van der Waals surface area contributed by atoms with Gasteiger partial charge in [0.1, 0.15) is 5.58 Å². The first-order valence-electron chi connectivity index (χ1n) is 6.72. The zero-order valence-corrected chi connectivity index (χ0v) is 11.6. The number of furan rings is 1. The maximum atomic E-state index is 12.4. The highest BCUT2D eigenvalue weighted by atomic mass is 16.3. The molecule has 0 amide bonds. The predicted octanol–water partition coefficient (Wildman–Crippen LogP) is 4.48. The molecule has 2 heteroatoms. The summed E-state index contributed by atoms with van der Waals surface area (Å²) in [5, 5.41) is 0.984. The number of carbonyl (C=O) groups excluding carboxylic acids is 1. The lowest BCUT2D eigenvalue weighted by atomic mass is 10.0. The third-order valence-electron chi connectivity index (χ3n) is 3.63. The van der Waals surface area contributed by atoms with Gasteiger partial charge in [0.15, 0.2) is 5.76 Å². The quantitative estimate of drug-likeness (QED) is 0.653. The van der Waals surface area contributed by atoms with Crippen LogP contribution in [-0.2, 0) is 6.42 Å². The molecule has 0 bridgehead atoms. The molecule has 2 aromatic carbocycles. The molecule has 0 fully saturated rings. The molecule has 0 atom stereocenters. The zero-order chi connectivity index (χ0) is 14.1. The molecule has 0 radical (unpaired) electrons. The highest BCUT2D eigenvalue weighted by Gasteiger charge is 2.14. The molecule has 0 N–H and O–H groups in total. The van der Waals surface area contributed by atoms with E-state index in [4.69, 9.17) is 4.42 Å². The molecular weight excluding hydrogens is 248 g/mol. The van der Waals surface area contributed by atoms with Crippen molar-refractivity contribution in [2.24, 2.45) is 0 Å². The standard InChI is InChI=1S/C18H16O2/c1-12-6-3-4-8-14(12)10-16(19)17-11-15-9-5-7-13(2)18(15)20-17/h3-9,11H,10H2,1-2H3. The molecule has 20 heavy (non-hydrogen) atoms. The summed E-state index contributed by atoms with van der Waals surface area (Å²) in [5.41, 5.74) is 4.04. The number of fused-ring (bicyclic) bond motifs is 1. The Morgan fingerprint density at radius 1 is 1.00 bits per heavy atom. The number of Topliss-reactive ketones (excluding diaryl/α,β-unsaturated/α-hetero) is 1. The normalized spacial score (nSPS) is 10.9. The van der Waals surface area contributed by atoms with Crippen molar-refractivity contribution in [2.45, 2.75) is 20.3 Å². The maximum absolute atomic E-state index is 12.4. The number of hydrogen-bond acceptors (Lipinski definition) is 2. The van der Waals surface area contributed by atoms with E-state index in [1.807, 2.05) is 62.4 Å². The fourth-order valence-electron chi connectivity index (χ4n) is 2.41. The third-order valence-corrected chi connectivity index (χ3v) is 3.63. The molecule has 3 aromatic rings. The molecule has 1 aromatic heterocycles. The minimum Gasteiger partial charge on any atom is -0.453 e. The van der Waals surface area contributed by atoms with E-state index >= 15 is 0 Å². The summed E-state index contributed by atoms with van der Waals surface area (Å²) in [4.78, 5) is 12.4. The zero-order valence-electron chi connectivity index (χ0n) is 11.6. The Kier molecular flexibility index (Phi) is 3.15. The molecule has 0 saturated carbocycles. The van der Waals surface area contributed by atoms with Gasteiger partial charge in [0.25, 0.3) is 0 Å². The Morgan fingerprint density at radius 3 is 2.50 bits per heavy atom. The number of aryl methyl sites for hydroxylation is 2. The highest BCUT2D eigenvalue weighted by molar-refractivity contribution is 5.99. The Balaban J connectivity index is 1.93. The molecule has 100 valence electrons. The number of para-hydroxylation sites is 1. The van der Waals surface area contributed by atoms with Crippen LogP contribution >= 0.6 is 0 Å². The van der Waals surface area contributed by atoms with Gasteiger partial charge >= 0.3 is 0 Å². The predicted molar refractivity (Wildman–Crippen MR) is 80.2 cm³/mol. The van der Waals surface area contributed by atoms with E-state index in [1.165, 1.54) is 0 Å². The van der Waals surface area contributed by atoms with Crippen LogP contribution in [0.25, 0.3) is 11.0 Å². The van der Waals surface area contributed by atoms with E-state index in [1.54, 1.807) is 0 Å².